The summed E-state index contributed by atoms with van der Waals surface area (Å²) >= 11 is 0. The van der Waals surface area contributed by atoms with E-state index in [0.29, 0.717) is 6.04 Å². The van der Waals surface area contributed by atoms with Gasteiger partial charge >= 0.3 is 0 Å². The van der Waals surface area contributed by atoms with Crippen molar-refractivity contribution >= 4 is 5.69 Å². The second-order valence-electron chi connectivity index (χ2n) is 5.36. The predicted molar refractivity (Wildman–Crippen MR) is 90.2 cm³/mol. The molecule has 2 aromatic rings. The first kappa shape index (κ1) is 15.4. The Hall–Kier alpha value is -1.96. The Morgan fingerprint density at radius 2 is 1.38 bits per heavy atom. The van der Waals surface area contributed by atoms with Crippen LogP contribution in [0.5, 0.6) is 11.5 Å². The molecule has 21 heavy (non-hydrogen) atoms. The van der Waals surface area contributed by atoms with Crippen molar-refractivity contribution in [1.82, 2.24) is 0 Å². The highest BCUT2D eigenvalue weighted by atomic mass is 16.5. The van der Waals surface area contributed by atoms with Crippen molar-refractivity contribution in [2.24, 2.45) is 0 Å². The molecule has 0 amide bonds. The van der Waals surface area contributed by atoms with E-state index in [9.17, 15) is 0 Å². The number of benzene rings is 2. The molecule has 112 valence electrons. The van der Waals surface area contributed by atoms with Crippen LogP contribution in [0.4, 0.5) is 5.69 Å². The standard InChI is InChI=1S/C19H25NO/c1-3-8-16(9-4-2)20-17-12-14-19(15-13-17)21-18-10-6-5-7-11-18/h5-7,10-16,20H,3-4,8-9H2,1-2H3. The molecule has 0 spiro atoms. The molecule has 0 aliphatic rings. The van der Waals surface area contributed by atoms with Crippen LogP contribution in [0.15, 0.2) is 54.6 Å². The number of nitrogens with one attached hydrogen (secondary N) is 1. The van der Waals surface area contributed by atoms with Gasteiger partial charge in [-0.2, -0.15) is 0 Å². The van der Waals surface area contributed by atoms with Crippen molar-refractivity contribution in [3.05, 3.63) is 54.6 Å². The highest BCUT2D eigenvalue weighted by molar-refractivity contribution is 5.47. The average molecular weight is 283 g/mol. The smallest absolute Gasteiger partial charge is 0.127 e. The molecule has 0 aliphatic heterocycles. The first-order chi connectivity index (χ1) is 10.3. The third-order valence-electron chi connectivity index (χ3n) is 3.48. The minimum atomic E-state index is 0.570. The maximum absolute atomic E-state index is 5.81. The Morgan fingerprint density at radius 1 is 0.810 bits per heavy atom. The summed E-state index contributed by atoms with van der Waals surface area (Å²) in [6, 6.07) is 18.7. The normalized spacial score (nSPS) is 10.6. The van der Waals surface area contributed by atoms with Gasteiger partial charge in [0.2, 0.25) is 0 Å². The summed E-state index contributed by atoms with van der Waals surface area (Å²) in [6.45, 7) is 4.47. The summed E-state index contributed by atoms with van der Waals surface area (Å²) in [4.78, 5) is 0. The molecule has 0 fully saturated rings. The molecule has 1 N–H and O–H groups in total. The highest BCUT2D eigenvalue weighted by Gasteiger charge is 2.06. The van der Waals surface area contributed by atoms with Crippen LogP contribution in [0.1, 0.15) is 39.5 Å². The van der Waals surface area contributed by atoms with E-state index in [1.165, 1.54) is 31.4 Å². The lowest BCUT2D eigenvalue weighted by Crippen LogP contribution is -2.18. The van der Waals surface area contributed by atoms with Crippen molar-refractivity contribution in [1.29, 1.82) is 0 Å². The van der Waals surface area contributed by atoms with Gasteiger partial charge in [-0.05, 0) is 49.2 Å². The number of hydrogen-bond acceptors (Lipinski definition) is 2. The maximum atomic E-state index is 5.81. The fourth-order valence-corrected chi connectivity index (χ4v) is 2.47. The van der Waals surface area contributed by atoms with Gasteiger partial charge in [0.25, 0.3) is 0 Å². The van der Waals surface area contributed by atoms with Crippen molar-refractivity contribution in [2.75, 3.05) is 5.32 Å². The van der Waals surface area contributed by atoms with Crippen molar-refractivity contribution < 1.29 is 4.74 Å². The first-order valence-corrected chi connectivity index (χ1v) is 7.91. The molecule has 2 heteroatoms. The monoisotopic (exact) mass is 283 g/mol. The van der Waals surface area contributed by atoms with Crippen LogP contribution in [-0.4, -0.2) is 6.04 Å². The van der Waals surface area contributed by atoms with E-state index in [2.05, 4.69) is 31.3 Å². The van der Waals surface area contributed by atoms with E-state index >= 15 is 0 Å². The molecule has 0 aromatic heterocycles. The fourth-order valence-electron chi connectivity index (χ4n) is 2.47. The molecule has 2 rings (SSSR count). The molecular formula is C19H25NO. The van der Waals surface area contributed by atoms with Crippen molar-refractivity contribution in [3.63, 3.8) is 0 Å². The van der Waals surface area contributed by atoms with Gasteiger partial charge in [-0.1, -0.05) is 44.9 Å². The minimum Gasteiger partial charge on any atom is -0.457 e. The second kappa shape index (κ2) is 8.35. The van der Waals surface area contributed by atoms with Gasteiger partial charge in [-0.25, -0.2) is 0 Å². The number of anilines is 1. The van der Waals surface area contributed by atoms with Crippen LogP contribution in [0, 0.1) is 0 Å². The van der Waals surface area contributed by atoms with E-state index < -0.39 is 0 Å². The molecule has 0 saturated heterocycles. The SMILES string of the molecule is CCCC(CCC)Nc1ccc(Oc2ccccc2)cc1. The average Bonchev–Trinajstić information content (AvgIpc) is 2.51. The Balaban J connectivity index is 1.95. The van der Waals surface area contributed by atoms with Gasteiger partial charge in [0.15, 0.2) is 0 Å². The number of rotatable bonds is 8. The Labute approximate surface area is 128 Å². The van der Waals surface area contributed by atoms with Crippen LogP contribution in [0.2, 0.25) is 0 Å². The fraction of sp³-hybridized carbons (Fsp3) is 0.368. The molecule has 2 aromatic carbocycles. The van der Waals surface area contributed by atoms with Gasteiger partial charge < -0.3 is 10.1 Å². The number of ether oxygens (including phenoxy) is 1. The summed E-state index contributed by atoms with van der Waals surface area (Å²) in [6.07, 6.45) is 4.87. The van der Waals surface area contributed by atoms with E-state index in [1.54, 1.807) is 0 Å². The number of hydrogen-bond donors (Lipinski definition) is 1. The zero-order valence-corrected chi connectivity index (χ0v) is 13.0. The van der Waals surface area contributed by atoms with E-state index in [1.807, 2.05) is 42.5 Å². The summed E-state index contributed by atoms with van der Waals surface area (Å²) in [7, 11) is 0. The quantitative estimate of drug-likeness (QED) is 0.655. The molecule has 2 nitrogen and oxygen atoms in total. The van der Waals surface area contributed by atoms with Crippen LogP contribution in [-0.2, 0) is 0 Å². The summed E-state index contributed by atoms with van der Waals surface area (Å²) in [5.74, 6) is 1.74. The van der Waals surface area contributed by atoms with E-state index in [0.717, 1.165) is 11.5 Å². The largest absolute Gasteiger partial charge is 0.457 e. The maximum Gasteiger partial charge on any atom is 0.127 e. The van der Waals surface area contributed by atoms with Crippen LogP contribution < -0.4 is 10.1 Å². The Morgan fingerprint density at radius 3 is 1.95 bits per heavy atom. The molecule has 0 bridgehead atoms. The van der Waals surface area contributed by atoms with Crippen LogP contribution >= 0.6 is 0 Å². The van der Waals surface area contributed by atoms with Crippen LogP contribution in [0.3, 0.4) is 0 Å². The highest BCUT2D eigenvalue weighted by Crippen LogP contribution is 2.23. The lowest BCUT2D eigenvalue weighted by atomic mass is 10.1. The predicted octanol–water partition coefficient (Wildman–Crippen LogP) is 5.86. The van der Waals surface area contributed by atoms with Gasteiger partial charge in [-0.3, -0.25) is 0 Å². The summed E-state index contributed by atoms with van der Waals surface area (Å²) in [5.41, 5.74) is 1.17. The molecule has 0 radical (unpaired) electrons. The van der Waals surface area contributed by atoms with E-state index in [4.69, 9.17) is 4.74 Å². The third kappa shape index (κ3) is 5.14. The Kier molecular flexibility index (Phi) is 6.14. The van der Waals surface area contributed by atoms with Gasteiger partial charge in [-0.15, -0.1) is 0 Å². The first-order valence-electron chi connectivity index (χ1n) is 7.91. The zero-order chi connectivity index (χ0) is 14.9. The van der Waals surface area contributed by atoms with Crippen molar-refractivity contribution in [3.8, 4) is 11.5 Å². The second-order valence-corrected chi connectivity index (χ2v) is 5.36. The van der Waals surface area contributed by atoms with Crippen LogP contribution in [0.25, 0.3) is 0 Å². The molecule has 0 unspecified atom stereocenters. The molecule has 0 saturated carbocycles. The Bertz CT molecular complexity index is 501. The van der Waals surface area contributed by atoms with Gasteiger partial charge in [0.05, 0.1) is 0 Å². The molecule has 0 aliphatic carbocycles. The zero-order valence-electron chi connectivity index (χ0n) is 13.0. The number of para-hydroxylation sites is 1. The van der Waals surface area contributed by atoms with Gasteiger partial charge in [0.1, 0.15) is 11.5 Å². The topological polar surface area (TPSA) is 21.3 Å². The van der Waals surface area contributed by atoms with E-state index in [-0.39, 0.29) is 0 Å². The lowest BCUT2D eigenvalue weighted by molar-refractivity contribution is 0.482. The summed E-state index contributed by atoms with van der Waals surface area (Å²) in [5, 5.41) is 3.62. The summed E-state index contributed by atoms with van der Waals surface area (Å²) < 4.78 is 5.81. The molecule has 0 atom stereocenters. The lowest BCUT2D eigenvalue weighted by Gasteiger charge is -2.19. The van der Waals surface area contributed by atoms with Crippen molar-refractivity contribution in [2.45, 2.75) is 45.6 Å². The molecule has 0 heterocycles. The minimum absolute atomic E-state index is 0.570. The third-order valence-corrected chi connectivity index (χ3v) is 3.48. The molecular weight excluding hydrogens is 258 g/mol. The van der Waals surface area contributed by atoms with Gasteiger partial charge in [0, 0.05) is 11.7 Å².